The first-order valence-electron chi connectivity index (χ1n) is 6.70. The lowest BCUT2D eigenvalue weighted by Crippen LogP contribution is -2.22. The number of rotatable bonds is 5. The molecule has 1 amide bonds. The van der Waals surface area contributed by atoms with Gasteiger partial charge < -0.3 is 10.1 Å². The molecular weight excluding hydrogens is 322 g/mol. The smallest absolute Gasteiger partial charge is 0.311 e. The molecule has 0 atom stereocenters. The second kappa shape index (κ2) is 7.42. The summed E-state index contributed by atoms with van der Waals surface area (Å²) in [6.45, 7) is 3.46. The topological polar surface area (TPSA) is 55.4 Å². The van der Waals surface area contributed by atoms with Gasteiger partial charge in [-0.2, -0.15) is 0 Å². The Bertz CT molecular complexity index is 660. The quantitative estimate of drug-likeness (QED) is 0.845. The summed E-state index contributed by atoms with van der Waals surface area (Å²) in [5, 5.41) is 5.03. The van der Waals surface area contributed by atoms with Gasteiger partial charge in [0.25, 0.3) is 5.91 Å². The summed E-state index contributed by atoms with van der Waals surface area (Å²) in [5.41, 5.74) is 2.43. The zero-order chi connectivity index (χ0) is 16.1. The molecule has 0 bridgehead atoms. The Morgan fingerprint density at radius 1 is 1.32 bits per heavy atom. The van der Waals surface area contributed by atoms with E-state index in [9.17, 15) is 9.59 Å². The number of anilines is 1. The molecule has 0 saturated heterocycles. The third-order valence-electron chi connectivity index (χ3n) is 2.96. The van der Waals surface area contributed by atoms with Crippen molar-refractivity contribution < 1.29 is 14.3 Å². The standard InChI is InChI=1S/C16H16ClNO3S/c1-10-6-11(2)16(13(17)7-10)18-14(19)9-21-15(20)8-12-4-3-5-22-12/h3-7H,8-9H2,1-2H3,(H,18,19). The van der Waals surface area contributed by atoms with E-state index >= 15 is 0 Å². The molecule has 116 valence electrons. The van der Waals surface area contributed by atoms with E-state index in [2.05, 4.69) is 5.32 Å². The molecule has 0 unspecified atom stereocenters. The lowest BCUT2D eigenvalue weighted by Gasteiger charge is -2.11. The molecule has 0 spiro atoms. The molecule has 22 heavy (non-hydrogen) atoms. The maximum absolute atomic E-state index is 11.9. The second-order valence-electron chi connectivity index (χ2n) is 4.90. The highest BCUT2D eigenvalue weighted by Crippen LogP contribution is 2.27. The van der Waals surface area contributed by atoms with Crippen LogP contribution in [0.2, 0.25) is 5.02 Å². The number of hydrogen-bond acceptors (Lipinski definition) is 4. The van der Waals surface area contributed by atoms with Gasteiger partial charge in [-0.3, -0.25) is 9.59 Å². The van der Waals surface area contributed by atoms with Crippen molar-refractivity contribution >= 4 is 40.5 Å². The van der Waals surface area contributed by atoms with E-state index in [0.717, 1.165) is 16.0 Å². The molecular formula is C16H16ClNO3S. The number of esters is 1. The highest BCUT2D eigenvalue weighted by molar-refractivity contribution is 7.10. The van der Waals surface area contributed by atoms with Crippen molar-refractivity contribution in [3.8, 4) is 0 Å². The second-order valence-corrected chi connectivity index (χ2v) is 6.34. The van der Waals surface area contributed by atoms with Crippen LogP contribution in [0.25, 0.3) is 0 Å². The summed E-state index contributed by atoms with van der Waals surface area (Å²) < 4.78 is 4.97. The van der Waals surface area contributed by atoms with Crippen molar-refractivity contribution in [3.05, 3.63) is 50.7 Å². The van der Waals surface area contributed by atoms with Crippen LogP contribution in [0.5, 0.6) is 0 Å². The largest absolute Gasteiger partial charge is 0.455 e. The SMILES string of the molecule is Cc1cc(C)c(NC(=O)COC(=O)Cc2cccs2)c(Cl)c1. The Morgan fingerprint density at radius 2 is 2.09 bits per heavy atom. The Morgan fingerprint density at radius 3 is 2.73 bits per heavy atom. The van der Waals surface area contributed by atoms with Gasteiger partial charge >= 0.3 is 5.97 Å². The zero-order valence-electron chi connectivity index (χ0n) is 12.3. The molecule has 6 heteroatoms. The van der Waals surface area contributed by atoms with Crippen LogP contribution >= 0.6 is 22.9 Å². The van der Waals surface area contributed by atoms with Crippen LogP contribution in [-0.4, -0.2) is 18.5 Å². The highest BCUT2D eigenvalue weighted by Gasteiger charge is 2.12. The molecule has 0 aliphatic carbocycles. The molecule has 1 aromatic carbocycles. The van der Waals surface area contributed by atoms with E-state index in [-0.39, 0.29) is 13.0 Å². The van der Waals surface area contributed by atoms with Gasteiger partial charge in [-0.25, -0.2) is 0 Å². The van der Waals surface area contributed by atoms with Crippen molar-refractivity contribution in [1.29, 1.82) is 0 Å². The van der Waals surface area contributed by atoms with Crippen LogP contribution < -0.4 is 5.32 Å². The first-order valence-corrected chi connectivity index (χ1v) is 7.96. The third-order valence-corrected chi connectivity index (χ3v) is 4.13. The predicted molar refractivity (Wildman–Crippen MR) is 88.5 cm³/mol. The van der Waals surface area contributed by atoms with Crippen LogP contribution in [0.3, 0.4) is 0 Å². The van der Waals surface area contributed by atoms with E-state index < -0.39 is 11.9 Å². The summed E-state index contributed by atoms with van der Waals surface area (Å²) in [4.78, 5) is 24.4. The van der Waals surface area contributed by atoms with Crippen molar-refractivity contribution in [2.24, 2.45) is 0 Å². The highest BCUT2D eigenvalue weighted by atomic mass is 35.5. The Labute approximate surface area is 138 Å². The molecule has 0 aliphatic heterocycles. The lowest BCUT2D eigenvalue weighted by atomic mass is 10.1. The number of hydrogen-bond donors (Lipinski definition) is 1. The van der Waals surface area contributed by atoms with Gasteiger partial charge in [0.1, 0.15) is 0 Å². The van der Waals surface area contributed by atoms with E-state index in [1.165, 1.54) is 11.3 Å². The van der Waals surface area contributed by atoms with E-state index in [0.29, 0.717) is 10.7 Å². The summed E-state index contributed by atoms with van der Waals surface area (Å²) in [7, 11) is 0. The number of carbonyl (C=O) groups is 2. The molecule has 1 aromatic heterocycles. The van der Waals surface area contributed by atoms with Gasteiger partial charge in [0.15, 0.2) is 6.61 Å². The van der Waals surface area contributed by atoms with Crippen LogP contribution in [0.15, 0.2) is 29.6 Å². The van der Waals surface area contributed by atoms with Gasteiger partial charge in [0.2, 0.25) is 0 Å². The molecule has 0 fully saturated rings. The number of benzene rings is 1. The Kier molecular flexibility index (Phi) is 5.57. The van der Waals surface area contributed by atoms with E-state index in [1.54, 1.807) is 6.07 Å². The van der Waals surface area contributed by atoms with Crippen molar-refractivity contribution in [3.63, 3.8) is 0 Å². The van der Waals surface area contributed by atoms with Gasteiger partial charge in [-0.15, -0.1) is 11.3 Å². The number of thiophene rings is 1. The Balaban J connectivity index is 1.87. The minimum atomic E-state index is -0.427. The summed E-state index contributed by atoms with van der Waals surface area (Å²) in [6, 6.07) is 7.40. The number of carbonyl (C=O) groups excluding carboxylic acids is 2. The average molecular weight is 338 g/mol. The monoisotopic (exact) mass is 337 g/mol. The fraction of sp³-hybridized carbons (Fsp3) is 0.250. The number of nitrogens with one attached hydrogen (secondary N) is 1. The molecule has 2 rings (SSSR count). The minimum absolute atomic E-state index is 0.176. The predicted octanol–water partition coefficient (Wildman–Crippen LogP) is 3.74. The van der Waals surface area contributed by atoms with Crippen LogP contribution in [0, 0.1) is 13.8 Å². The first kappa shape index (κ1) is 16.5. The van der Waals surface area contributed by atoms with E-state index in [4.69, 9.17) is 16.3 Å². The van der Waals surface area contributed by atoms with E-state index in [1.807, 2.05) is 37.4 Å². The van der Waals surface area contributed by atoms with Crippen LogP contribution in [0.1, 0.15) is 16.0 Å². The maximum Gasteiger partial charge on any atom is 0.311 e. The average Bonchev–Trinajstić information content (AvgIpc) is 2.93. The zero-order valence-corrected chi connectivity index (χ0v) is 13.9. The number of halogens is 1. The summed E-state index contributed by atoms with van der Waals surface area (Å²) in [6.07, 6.45) is 0.176. The molecule has 1 heterocycles. The molecule has 0 saturated carbocycles. The Hall–Kier alpha value is -1.85. The molecule has 0 aliphatic rings. The molecule has 2 aromatic rings. The van der Waals surface area contributed by atoms with Crippen molar-refractivity contribution in [2.45, 2.75) is 20.3 Å². The summed E-state index contributed by atoms with van der Waals surface area (Å²) in [5.74, 6) is -0.835. The van der Waals surface area contributed by atoms with Crippen LogP contribution in [0.4, 0.5) is 5.69 Å². The number of amides is 1. The molecule has 0 radical (unpaired) electrons. The van der Waals surface area contributed by atoms with Gasteiger partial charge in [-0.1, -0.05) is 23.7 Å². The third kappa shape index (κ3) is 4.58. The first-order chi connectivity index (χ1) is 10.5. The number of ether oxygens (including phenoxy) is 1. The van der Waals surface area contributed by atoms with Crippen LogP contribution in [-0.2, 0) is 20.7 Å². The fourth-order valence-electron chi connectivity index (χ4n) is 2.00. The van der Waals surface area contributed by atoms with Gasteiger partial charge in [-0.05, 0) is 42.5 Å². The van der Waals surface area contributed by atoms with Crippen molar-refractivity contribution in [2.75, 3.05) is 11.9 Å². The normalized spacial score (nSPS) is 10.3. The maximum atomic E-state index is 11.9. The van der Waals surface area contributed by atoms with Gasteiger partial charge in [0.05, 0.1) is 17.1 Å². The van der Waals surface area contributed by atoms with Gasteiger partial charge in [0, 0.05) is 4.88 Å². The summed E-state index contributed by atoms with van der Waals surface area (Å²) >= 11 is 7.59. The lowest BCUT2D eigenvalue weighted by molar-refractivity contribution is -0.146. The van der Waals surface area contributed by atoms with Crippen molar-refractivity contribution in [1.82, 2.24) is 0 Å². The molecule has 4 nitrogen and oxygen atoms in total. The minimum Gasteiger partial charge on any atom is -0.455 e. The fourth-order valence-corrected chi connectivity index (χ4v) is 3.06. The molecule has 1 N–H and O–H groups in total. The number of aryl methyl sites for hydroxylation is 2.